The second-order valence-corrected chi connectivity index (χ2v) is 9.26. The number of carbonyl (C=O) groups is 2. The summed E-state index contributed by atoms with van der Waals surface area (Å²) in [7, 11) is 0. The van der Waals surface area contributed by atoms with Gasteiger partial charge in [-0.25, -0.2) is 8.78 Å². The Kier molecular flexibility index (Phi) is 5.53. The van der Waals surface area contributed by atoms with E-state index in [0.29, 0.717) is 30.8 Å². The molecule has 0 spiro atoms. The fourth-order valence-corrected chi connectivity index (χ4v) is 5.22. The van der Waals surface area contributed by atoms with Gasteiger partial charge in [0, 0.05) is 17.5 Å². The predicted molar refractivity (Wildman–Crippen MR) is 122 cm³/mol. The van der Waals surface area contributed by atoms with Crippen LogP contribution < -0.4 is 0 Å². The summed E-state index contributed by atoms with van der Waals surface area (Å²) < 4.78 is 26.9. The number of imide groups is 1. The molecular formula is C27H22ClF2NO2. The third-order valence-corrected chi connectivity index (χ3v) is 7.18. The molecule has 168 valence electrons. The number of amides is 2. The molecule has 1 saturated heterocycles. The Morgan fingerprint density at radius 2 is 1.42 bits per heavy atom. The van der Waals surface area contributed by atoms with E-state index in [1.165, 1.54) is 29.2 Å². The molecule has 2 atom stereocenters. The Bertz CT molecular complexity index is 1150. The molecule has 1 saturated carbocycles. The second kappa shape index (κ2) is 8.38. The summed E-state index contributed by atoms with van der Waals surface area (Å²) in [6.07, 6.45) is 1.77. The predicted octanol–water partition coefficient (Wildman–Crippen LogP) is 5.86. The molecule has 3 aromatic carbocycles. The van der Waals surface area contributed by atoms with Crippen LogP contribution in [-0.4, -0.2) is 23.3 Å². The summed E-state index contributed by atoms with van der Waals surface area (Å²) in [6, 6.07) is 19.7. The monoisotopic (exact) mass is 465 g/mol. The highest BCUT2D eigenvalue weighted by molar-refractivity contribution is 6.30. The van der Waals surface area contributed by atoms with Gasteiger partial charge in [0.15, 0.2) is 0 Å². The highest BCUT2D eigenvalue weighted by Crippen LogP contribution is 2.60. The van der Waals surface area contributed by atoms with Gasteiger partial charge in [-0.05, 0) is 72.4 Å². The van der Waals surface area contributed by atoms with Crippen molar-refractivity contribution in [3.8, 4) is 0 Å². The summed E-state index contributed by atoms with van der Waals surface area (Å²) in [5, 5.41) is 0.591. The molecule has 2 fully saturated rings. The quantitative estimate of drug-likeness (QED) is 0.410. The number of nitrogens with zero attached hydrogens (tertiary/aromatic N) is 1. The minimum absolute atomic E-state index is 0.0984. The lowest BCUT2D eigenvalue weighted by molar-refractivity contribution is -0.141. The highest BCUT2D eigenvalue weighted by atomic mass is 35.5. The first kappa shape index (κ1) is 21.8. The molecular weight excluding hydrogens is 444 g/mol. The fourth-order valence-electron chi connectivity index (χ4n) is 5.10. The van der Waals surface area contributed by atoms with Crippen LogP contribution >= 0.6 is 11.6 Å². The minimum Gasteiger partial charge on any atom is -0.282 e. The molecule has 5 rings (SSSR count). The van der Waals surface area contributed by atoms with Gasteiger partial charge in [0.1, 0.15) is 11.6 Å². The van der Waals surface area contributed by atoms with Gasteiger partial charge in [0.25, 0.3) is 0 Å². The Balaban J connectivity index is 1.31. The van der Waals surface area contributed by atoms with Crippen LogP contribution in [0.2, 0.25) is 5.02 Å². The number of hydrogen-bond donors (Lipinski definition) is 0. The Hall–Kier alpha value is -3.05. The number of fused-ring (bicyclic) bond motifs is 1. The topological polar surface area (TPSA) is 37.4 Å². The lowest BCUT2D eigenvalue weighted by Crippen LogP contribution is -2.37. The smallest absolute Gasteiger partial charge is 0.240 e. The lowest BCUT2D eigenvalue weighted by Gasteiger charge is -2.22. The minimum atomic E-state index is -0.741. The van der Waals surface area contributed by atoms with Gasteiger partial charge in [0.05, 0.1) is 11.3 Å². The number of rotatable bonds is 7. The van der Waals surface area contributed by atoms with E-state index in [1.54, 1.807) is 36.4 Å². The van der Waals surface area contributed by atoms with Crippen molar-refractivity contribution in [1.29, 1.82) is 0 Å². The van der Waals surface area contributed by atoms with Crippen molar-refractivity contribution in [3.63, 3.8) is 0 Å². The largest absolute Gasteiger partial charge is 0.282 e. The van der Waals surface area contributed by atoms with Gasteiger partial charge in [0.2, 0.25) is 11.8 Å². The van der Waals surface area contributed by atoms with Crippen molar-refractivity contribution in [1.82, 2.24) is 4.90 Å². The molecule has 0 N–H and O–H groups in total. The number of carbonyl (C=O) groups excluding carboxylic acids is 2. The lowest BCUT2D eigenvalue weighted by atomic mass is 9.87. The summed E-state index contributed by atoms with van der Waals surface area (Å²) in [5.41, 5.74) is 1.91. The second-order valence-electron chi connectivity index (χ2n) is 8.83. The van der Waals surface area contributed by atoms with E-state index in [1.807, 2.05) is 12.1 Å². The first-order valence-corrected chi connectivity index (χ1v) is 11.4. The Morgan fingerprint density at radius 1 is 0.879 bits per heavy atom. The van der Waals surface area contributed by atoms with Crippen molar-refractivity contribution in [2.75, 3.05) is 6.54 Å². The van der Waals surface area contributed by atoms with Crippen molar-refractivity contribution in [2.24, 2.45) is 5.92 Å². The molecule has 33 heavy (non-hydrogen) atoms. The molecule has 1 aliphatic carbocycles. The SMILES string of the molecule is O=C1C2CC2(c2ccc(Cl)cc2)C(=O)N1CCCC(c1ccc(F)cc1)c1ccc(F)cc1. The molecule has 0 bridgehead atoms. The molecule has 3 nitrogen and oxygen atoms in total. The number of halogens is 3. The van der Waals surface area contributed by atoms with Crippen LogP contribution in [0.1, 0.15) is 41.9 Å². The van der Waals surface area contributed by atoms with E-state index in [0.717, 1.165) is 16.7 Å². The molecule has 0 radical (unpaired) electrons. The normalized spacial score (nSPS) is 21.6. The van der Waals surface area contributed by atoms with Crippen LogP contribution in [0.5, 0.6) is 0 Å². The number of hydrogen-bond acceptors (Lipinski definition) is 2. The average molecular weight is 466 g/mol. The van der Waals surface area contributed by atoms with Gasteiger partial charge in [-0.2, -0.15) is 0 Å². The van der Waals surface area contributed by atoms with E-state index in [4.69, 9.17) is 11.6 Å². The van der Waals surface area contributed by atoms with Crippen LogP contribution in [0.3, 0.4) is 0 Å². The molecule has 2 unspecified atom stereocenters. The van der Waals surface area contributed by atoms with Crippen LogP contribution in [0.15, 0.2) is 72.8 Å². The molecule has 1 aliphatic heterocycles. The third-order valence-electron chi connectivity index (χ3n) is 6.93. The average Bonchev–Trinajstić information content (AvgIpc) is 3.53. The van der Waals surface area contributed by atoms with Gasteiger partial charge in [-0.15, -0.1) is 0 Å². The Labute approximate surface area is 196 Å². The first-order valence-electron chi connectivity index (χ1n) is 11.0. The van der Waals surface area contributed by atoms with Crippen LogP contribution in [0.25, 0.3) is 0 Å². The van der Waals surface area contributed by atoms with E-state index in [9.17, 15) is 18.4 Å². The van der Waals surface area contributed by atoms with Gasteiger partial charge in [-0.1, -0.05) is 48.0 Å². The van der Waals surface area contributed by atoms with Crippen molar-refractivity contribution < 1.29 is 18.4 Å². The number of benzene rings is 3. The van der Waals surface area contributed by atoms with E-state index < -0.39 is 5.41 Å². The number of likely N-dealkylation sites (tertiary alicyclic amines) is 1. The number of piperidine rings is 1. The van der Waals surface area contributed by atoms with Crippen molar-refractivity contribution in [2.45, 2.75) is 30.6 Å². The van der Waals surface area contributed by atoms with Crippen molar-refractivity contribution in [3.05, 3.63) is 106 Å². The maximum Gasteiger partial charge on any atom is 0.240 e. The molecule has 6 heteroatoms. The first-order chi connectivity index (χ1) is 15.9. The van der Waals surface area contributed by atoms with Gasteiger partial charge >= 0.3 is 0 Å². The summed E-state index contributed by atoms with van der Waals surface area (Å²) >= 11 is 5.98. The molecule has 1 heterocycles. The summed E-state index contributed by atoms with van der Waals surface area (Å²) in [5.74, 6) is -1.29. The van der Waals surface area contributed by atoms with Gasteiger partial charge in [-0.3, -0.25) is 14.5 Å². The zero-order chi connectivity index (χ0) is 23.2. The van der Waals surface area contributed by atoms with Crippen LogP contribution in [-0.2, 0) is 15.0 Å². The Morgan fingerprint density at radius 3 is 1.97 bits per heavy atom. The van der Waals surface area contributed by atoms with E-state index >= 15 is 0 Å². The molecule has 0 aromatic heterocycles. The van der Waals surface area contributed by atoms with Crippen molar-refractivity contribution >= 4 is 23.4 Å². The molecule has 2 amide bonds. The fraction of sp³-hybridized carbons (Fsp3) is 0.259. The van der Waals surface area contributed by atoms with Crippen LogP contribution in [0, 0.1) is 17.6 Å². The zero-order valence-corrected chi connectivity index (χ0v) is 18.6. The van der Waals surface area contributed by atoms with Crippen LogP contribution in [0.4, 0.5) is 8.78 Å². The highest BCUT2D eigenvalue weighted by Gasteiger charge is 2.72. The van der Waals surface area contributed by atoms with Gasteiger partial charge < -0.3 is 0 Å². The molecule has 2 aliphatic rings. The van der Waals surface area contributed by atoms with E-state index in [2.05, 4.69) is 0 Å². The summed E-state index contributed by atoms with van der Waals surface area (Å²) in [6.45, 7) is 0.322. The molecule has 3 aromatic rings. The maximum absolute atomic E-state index is 13.4. The summed E-state index contributed by atoms with van der Waals surface area (Å²) in [4.78, 5) is 27.5. The third kappa shape index (κ3) is 3.84. The maximum atomic E-state index is 13.4. The zero-order valence-electron chi connectivity index (χ0n) is 17.8. The standard InChI is InChI=1S/C27H22ClF2NO2/c28-20-9-7-19(8-10-20)27-16-24(27)25(32)31(26(27)33)15-1-2-23(17-3-11-21(29)12-4-17)18-5-13-22(30)14-6-18/h3-14,23-24H,1-2,15-16H2. The van der Waals surface area contributed by atoms with E-state index in [-0.39, 0.29) is 35.3 Å².